The van der Waals surface area contributed by atoms with Crippen LogP contribution in [0.4, 0.5) is 0 Å². The first-order valence-corrected chi connectivity index (χ1v) is 12.0. The predicted molar refractivity (Wildman–Crippen MR) is 122 cm³/mol. The molecule has 178 valence electrons. The molecule has 1 aliphatic heterocycles. The molecular formula is C23H29N3O6S. The topological polar surface area (TPSA) is 114 Å². The van der Waals surface area contributed by atoms with Gasteiger partial charge in [-0.15, -0.1) is 0 Å². The number of carbonyl (C=O) groups excluding carboxylic acids is 2. The highest BCUT2D eigenvalue weighted by atomic mass is 32.2. The molecule has 9 nitrogen and oxygen atoms in total. The van der Waals surface area contributed by atoms with E-state index in [0.29, 0.717) is 16.9 Å². The van der Waals surface area contributed by atoms with Crippen molar-refractivity contribution in [1.82, 2.24) is 14.9 Å². The Morgan fingerprint density at radius 3 is 2.39 bits per heavy atom. The maximum Gasteiger partial charge on any atom is 0.309 e. The summed E-state index contributed by atoms with van der Waals surface area (Å²) in [4.78, 5) is 24.7. The molecule has 2 aromatic carbocycles. The van der Waals surface area contributed by atoms with Gasteiger partial charge in [-0.1, -0.05) is 35.9 Å². The summed E-state index contributed by atoms with van der Waals surface area (Å²) in [6.07, 6.45) is -0.902. The number of para-hydroxylation sites is 1. The summed E-state index contributed by atoms with van der Waals surface area (Å²) >= 11 is 0. The summed E-state index contributed by atoms with van der Waals surface area (Å²) in [6, 6.07) is 10.8. The molecule has 2 amide bonds. The van der Waals surface area contributed by atoms with Gasteiger partial charge in [0, 0.05) is 18.7 Å². The minimum atomic E-state index is -3.85. The number of methoxy groups -OCH3 is 1. The summed E-state index contributed by atoms with van der Waals surface area (Å²) in [7, 11) is -2.32. The molecule has 33 heavy (non-hydrogen) atoms. The maximum absolute atomic E-state index is 13.3. The van der Waals surface area contributed by atoms with E-state index in [4.69, 9.17) is 9.47 Å². The van der Waals surface area contributed by atoms with E-state index in [1.54, 1.807) is 38.1 Å². The quantitative estimate of drug-likeness (QED) is 0.585. The molecule has 0 aliphatic carbocycles. The number of carbonyl (C=O) groups is 2. The average molecular weight is 476 g/mol. The number of nitrogens with zero attached hydrogens (tertiary/aromatic N) is 1. The molecule has 0 bridgehead atoms. The van der Waals surface area contributed by atoms with Gasteiger partial charge >= 0.3 is 11.8 Å². The lowest BCUT2D eigenvalue weighted by molar-refractivity contribution is -0.139. The van der Waals surface area contributed by atoms with E-state index in [0.717, 1.165) is 11.1 Å². The second-order valence-electron chi connectivity index (χ2n) is 7.87. The third-order valence-corrected chi connectivity index (χ3v) is 7.58. The Morgan fingerprint density at radius 2 is 1.73 bits per heavy atom. The highest BCUT2D eigenvalue weighted by Gasteiger charge is 2.38. The monoisotopic (exact) mass is 475 g/mol. The zero-order valence-corrected chi connectivity index (χ0v) is 20.0. The van der Waals surface area contributed by atoms with Crippen molar-refractivity contribution in [3.05, 3.63) is 58.7 Å². The Hall–Kier alpha value is -2.95. The molecule has 1 fully saturated rings. The molecule has 2 N–H and O–H groups in total. The minimum absolute atomic E-state index is 0.114. The zero-order valence-electron chi connectivity index (χ0n) is 19.2. The van der Waals surface area contributed by atoms with Crippen LogP contribution in [0.2, 0.25) is 0 Å². The number of benzene rings is 2. The van der Waals surface area contributed by atoms with Crippen molar-refractivity contribution in [2.75, 3.05) is 26.8 Å². The fourth-order valence-corrected chi connectivity index (χ4v) is 5.92. The first kappa shape index (κ1) is 24.7. The minimum Gasteiger partial charge on any atom is -0.496 e. The van der Waals surface area contributed by atoms with Crippen LogP contribution < -0.4 is 15.4 Å². The van der Waals surface area contributed by atoms with Crippen molar-refractivity contribution in [1.29, 1.82) is 0 Å². The summed E-state index contributed by atoms with van der Waals surface area (Å²) in [6.45, 7) is 5.75. The Bertz CT molecular complexity index is 1130. The summed E-state index contributed by atoms with van der Waals surface area (Å²) in [5, 5.41) is 5.00. The van der Waals surface area contributed by atoms with Gasteiger partial charge in [-0.3, -0.25) is 9.59 Å². The second-order valence-corrected chi connectivity index (χ2v) is 9.70. The van der Waals surface area contributed by atoms with E-state index in [1.807, 2.05) is 19.1 Å². The van der Waals surface area contributed by atoms with Gasteiger partial charge in [0.15, 0.2) is 0 Å². The van der Waals surface area contributed by atoms with Crippen LogP contribution in [0, 0.1) is 20.8 Å². The molecule has 0 radical (unpaired) electrons. The van der Waals surface area contributed by atoms with Crippen molar-refractivity contribution < 1.29 is 27.5 Å². The van der Waals surface area contributed by atoms with Crippen LogP contribution in [-0.2, 0) is 30.9 Å². The van der Waals surface area contributed by atoms with Crippen molar-refractivity contribution in [2.45, 2.75) is 38.4 Å². The van der Waals surface area contributed by atoms with Gasteiger partial charge in [-0.2, -0.15) is 4.31 Å². The van der Waals surface area contributed by atoms with E-state index >= 15 is 0 Å². The highest BCUT2D eigenvalue weighted by Crippen LogP contribution is 2.28. The van der Waals surface area contributed by atoms with E-state index in [2.05, 4.69) is 10.6 Å². The number of hydrogen-bond acceptors (Lipinski definition) is 6. The third kappa shape index (κ3) is 5.52. The van der Waals surface area contributed by atoms with Crippen molar-refractivity contribution in [3.63, 3.8) is 0 Å². The lowest BCUT2D eigenvalue weighted by atomic mass is 10.1. The first-order valence-electron chi connectivity index (χ1n) is 10.5. The molecule has 1 saturated heterocycles. The standard InChI is InChI=1S/C23H29N3O6S/c1-15-11-16(2)21(17(3)12-15)33(29,30)26-9-10-32-20(26)14-25-23(28)22(27)24-13-18-7-5-6-8-19(18)31-4/h5-8,11-12,20H,9-10,13-14H2,1-4H3,(H,24,27)(H,25,28). The van der Waals surface area contributed by atoms with Crippen LogP contribution >= 0.6 is 0 Å². The number of nitrogens with one attached hydrogen (secondary N) is 2. The number of sulfonamides is 1. The maximum atomic E-state index is 13.3. The van der Waals surface area contributed by atoms with Crippen LogP contribution in [0.3, 0.4) is 0 Å². The lowest BCUT2D eigenvalue weighted by Crippen LogP contribution is -2.47. The molecule has 0 saturated carbocycles. The molecule has 0 aromatic heterocycles. The molecule has 3 rings (SSSR count). The third-order valence-electron chi connectivity index (χ3n) is 5.39. The molecule has 1 atom stereocenters. The van der Waals surface area contributed by atoms with Gasteiger partial charge < -0.3 is 20.1 Å². The van der Waals surface area contributed by atoms with Gasteiger partial charge in [0.2, 0.25) is 10.0 Å². The number of amides is 2. The van der Waals surface area contributed by atoms with E-state index in [1.165, 1.54) is 11.4 Å². The Balaban J connectivity index is 1.62. The number of hydrogen-bond donors (Lipinski definition) is 2. The molecule has 1 heterocycles. The Labute approximate surface area is 194 Å². The van der Waals surface area contributed by atoms with Crippen molar-refractivity contribution >= 4 is 21.8 Å². The van der Waals surface area contributed by atoms with Gasteiger partial charge in [0.25, 0.3) is 0 Å². The summed E-state index contributed by atoms with van der Waals surface area (Å²) in [5.41, 5.74) is 3.00. The van der Waals surface area contributed by atoms with Crippen LogP contribution in [0.25, 0.3) is 0 Å². The van der Waals surface area contributed by atoms with Gasteiger partial charge in [-0.25, -0.2) is 8.42 Å². The van der Waals surface area contributed by atoms with Crippen LogP contribution in [0.5, 0.6) is 5.75 Å². The molecule has 1 aliphatic rings. The van der Waals surface area contributed by atoms with Crippen LogP contribution in [0.1, 0.15) is 22.3 Å². The van der Waals surface area contributed by atoms with Crippen molar-refractivity contribution in [3.8, 4) is 5.75 Å². The summed E-state index contributed by atoms with van der Waals surface area (Å²) < 4.78 is 38.7. The molecule has 10 heteroatoms. The number of rotatable bonds is 7. The molecular weight excluding hydrogens is 446 g/mol. The number of aryl methyl sites for hydroxylation is 3. The molecule has 1 unspecified atom stereocenters. The van der Waals surface area contributed by atoms with E-state index in [9.17, 15) is 18.0 Å². The predicted octanol–water partition coefficient (Wildman–Crippen LogP) is 1.40. The SMILES string of the molecule is COc1ccccc1CNC(=O)C(=O)NCC1OCCN1S(=O)(=O)c1c(C)cc(C)cc1C. The largest absolute Gasteiger partial charge is 0.496 e. The van der Waals surface area contributed by atoms with Crippen LogP contribution in [-0.4, -0.2) is 57.6 Å². The number of ether oxygens (including phenoxy) is 2. The normalized spacial score (nSPS) is 16.4. The molecule has 0 spiro atoms. The van der Waals surface area contributed by atoms with Gasteiger partial charge in [-0.05, 0) is 38.0 Å². The van der Waals surface area contributed by atoms with Gasteiger partial charge in [0.05, 0.1) is 25.2 Å². The Kier molecular flexibility index (Phi) is 7.72. The Morgan fingerprint density at radius 1 is 1.09 bits per heavy atom. The van der Waals surface area contributed by atoms with Crippen molar-refractivity contribution in [2.24, 2.45) is 0 Å². The zero-order chi connectivity index (χ0) is 24.2. The second kappa shape index (κ2) is 10.3. The summed E-state index contributed by atoms with van der Waals surface area (Å²) in [5.74, 6) is -1.11. The fourth-order valence-electron chi connectivity index (χ4n) is 4.00. The highest BCUT2D eigenvalue weighted by molar-refractivity contribution is 7.89. The van der Waals surface area contributed by atoms with Gasteiger partial charge in [0.1, 0.15) is 12.0 Å². The van der Waals surface area contributed by atoms with Crippen LogP contribution in [0.15, 0.2) is 41.3 Å². The van der Waals surface area contributed by atoms with E-state index < -0.39 is 28.1 Å². The lowest BCUT2D eigenvalue weighted by Gasteiger charge is -2.24. The smallest absolute Gasteiger partial charge is 0.309 e. The fraction of sp³-hybridized carbons (Fsp3) is 0.391. The average Bonchev–Trinajstić information content (AvgIpc) is 3.24. The van der Waals surface area contributed by atoms with E-state index in [-0.39, 0.29) is 31.1 Å². The molecule has 2 aromatic rings. The first-order chi connectivity index (χ1) is 15.6.